The van der Waals surface area contributed by atoms with Crippen molar-refractivity contribution in [1.82, 2.24) is 14.5 Å². The minimum atomic E-state index is -0.241. The third kappa shape index (κ3) is 3.18. The molecule has 1 saturated heterocycles. The summed E-state index contributed by atoms with van der Waals surface area (Å²) in [5.41, 5.74) is 0.00626. The fourth-order valence-corrected chi connectivity index (χ4v) is 3.14. The van der Waals surface area contributed by atoms with Gasteiger partial charge >= 0.3 is 0 Å². The summed E-state index contributed by atoms with van der Waals surface area (Å²) in [5, 5.41) is 0. The smallest absolute Gasteiger partial charge is 0.263 e. The Hall–Kier alpha value is -2.63. The van der Waals surface area contributed by atoms with E-state index >= 15 is 0 Å². The zero-order chi connectivity index (χ0) is 17.1. The van der Waals surface area contributed by atoms with Gasteiger partial charge in [0.1, 0.15) is 11.4 Å². The Morgan fingerprint density at radius 1 is 1.21 bits per heavy atom. The quantitative estimate of drug-likeness (QED) is 0.858. The molecule has 126 valence electrons. The van der Waals surface area contributed by atoms with Crippen LogP contribution < -0.4 is 10.5 Å². The third-order valence-electron chi connectivity index (χ3n) is 4.66. The molecule has 0 aromatic carbocycles. The lowest BCUT2D eigenvalue weighted by Crippen LogP contribution is -2.47. The molecule has 6 nitrogen and oxygen atoms in total. The summed E-state index contributed by atoms with van der Waals surface area (Å²) in [6.45, 7) is 1.30. The maximum absolute atomic E-state index is 12.6. The van der Waals surface area contributed by atoms with Gasteiger partial charge in [-0.25, -0.2) is 4.98 Å². The van der Waals surface area contributed by atoms with Crippen LogP contribution in [-0.2, 0) is 7.05 Å². The maximum atomic E-state index is 12.6. The summed E-state index contributed by atoms with van der Waals surface area (Å²) in [6, 6.07) is 9.56. The van der Waals surface area contributed by atoms with Gasteiger partial charge < -0.3 is 14.4 Å². The number of nitrogens with zero attached hydrogens (tertiary/aromatic N) is 4. The van der Waals surface area contributed by atoms with Crippen LogP contribution in [0, 0.1) is 0 Å². The van der Waals surface area contributed by atoms with Crippen LogP contribution in [-0.4, -0.2) is 46.5 Å². The van der Waals surface area contributed by atoms with Crippen molar-refractivity contribution in [3.63, 3.8) is 0 Å². The van der Waals surface area contributed by atoms with E-state index in [1.165, 1.54) is 4.57 Å². The third-order valence-corrected chi connectivity index (χ3v) is 4.66. The van der Waals surface area contributed by atoms with Gasteiger partial charge in [0.2, 0.25) is 0 Å². The van der Waals surface area contributed by atoms with Crippen molar-refractivity contribution in [3.8, 4) is 0 Å². The fourth-order valence-electron chi connectivity index (χ4n) is 3.14. The number of anilines is 1. The molecule has 24 heavy (non-hydrogen) atoms. The first kappa shape index (κ1) is 16.2. The number of likely N-dealkylation sites (tertiary alicyclic amines) is 1. The van der Waals surface area contributed by atoms with Crippen LogP contribution in [0.5, 0.6) is 0 Å². The Balaban J connectivity index is 1.66. The summed E-state index contributed by atoms with van der Waals surface area (Å²) in [5.74, 6) is 0.773. The molecule has 6 heteroatoms. The highest BCUT2D eigenvalue weighted by molar-refractivity contribution is 5.93. The van der Waals surface area contributed by atoms with Gasteiger partial charge in [0.05, 0.1) is 0 Å². The SMILES string of the molecule is CN(c1ccccn1)C1CCN(C(=O)c2cccn(C)c2=O)CC1. The van der Waals surface area contributed by atoms with Gasteiger partial charge in [0.25, 0.3) is 11.5 Å². The molecule has 0 saturated carbocycles. The fraction of sp³-hybridized carbons (Fsp3) is 0.389. The van der Waals surface area contributed by atoms with Gasteiger partial charge in [0, 0.05) is 45.6 Å². The molecule has 0 N–H and O–H groups in total. The van der Waals surface area contributed by atoms with E-state index in [1.54, 1.807) is 36.5 Å². The second kappa shape index (κ2) is 6.86. The molecule has 0 atom stereocenters. The van der Waals surface area contributed by atoms with Gasteiger partial charge in [0.15, 0.2) is 0 Å². The normalized spacial score (nSPS) is 15.3. The predicted molar refractivity (Wildman–Crippen MR) is 93.2 cm³/mol. The molecule has 1 aliphatic rings. The monoisotopic (exact) mass is 326 g/mol. The molecule has 1 fully saturated rings. The second-order valence-corrected chi connectivity index (χ2v) is 6.16. The lowest BCUT2D eigenvalue weighted by Gasteiger charge is -2.37. The summed E-state index contributed by atoms with van der Waals surface area (Å²) in [6.07, 6.45) is 5.18. The van der Waals surface area contributed by atoms with Crippen molar-refractivity contribution < 1.29 is 4.79 Å². The van der Waals surface area contributed by atoms with E-state index in [4.69, 9.17) is 0 Å². The molecule has 3 heterocycles. The number of aromatic nitrogens is 2. The maximum Gasteiger partial charge on any atom is 0.263 e. The highest BCUT2D eigenvalue weighted by Crippen LogP contribution is 2.20. The molecule has 3 rings (SSSR count). The number of piperidine rings is 1. The minimum Gasteiger partial charge on any atom is -0.357 e. The number of aryl methyl sites for hydroxylation is 1. The van der Waals surface area contributed by atoms with E-state index in [9.17, 15) is 9.59 Å². The number of carbonyl (C=O) groups is 1. The van der Waals surface area contributed by atoms with Gasteiger partial charge in [-0.05, 0) is 37.1 Å². The highest BCUT2D eigenvalue weighted by Gasteiger charge is 2.27. The zero-order valence-electron chi connectivity index (χ0n) is 14.1. The van der Waals surface area contributed by atoms with Crippen molar-refractivity contribution >= 4 is 11.7 Å². The van der Waals surface area contributed by atoms with Crippen molar-refractivity contribution in [1.29, 1.82) is 0 Å². The Kier molecular flexibility index (Phi) is 4.64. The Morgan fingerprint density at radius 3 is 2.62 bits per heavy atom. The number of amides is 1. The minimum absolute atomic E-state index is 0.171. The first-order valence-electron chi connectivity index (χ1n) is 8.16. The van der Waals surface area contributed by atoms with Crippen LogP contribution in [0.2, 0.25) is 0 Å². The molecule has 2 aromatic rings. The Labute approximate surface area is 141 Å². The topological polar surface area (TPSA) is 58.4 Å². The molecular formula is C18H22N4O2. The van der Waals surface area contributed by atoms with E-state index < -0.39 is 0 Å². The molecule has 0 bridgehead atoms. The number of rotatable bonds is 3. The van der Waals surface area contributed by atoms with E-state index in [1.807, 2.05) is 25.2 Å². The van der Waals surface area contributed by atoms with Crippen LogP contribution in [0.4, 0.5) is 5.82 Å². The molecule has 0 radical (unpaired) electrons. The summed E-state index contributed by atoms with van der Waals surface area (Å²) in [7, 11) is 3.70. The van der Waals surface area contributed by atoms with Gasteiger partial charge in [-0.2, -0.15) is 0 Å². The lowest BCUT2D eigenvalue weighted by atomic mass is 10.0. The average molecular weight is 326 g/mol. The van der Waals surface area contributed by atoms with E-state index in [0.29, 0.717) is 19.1 Å². The van der Waals surface area contributed by atoms with Crippen LogP contribution in [0.3, 0.4) is 0 Å². The molecular weight excluding hydrogens is 304 g/mol. The zero-order valence-corrected chi connectivity index (χ0v) is 14.1. The molecule has 0 aliphatic carbocycles. The number of hydrogen-bond donors (Lipinski definition) is 0. The molecule has 0 unspecified atom stereocenters. The van der Waals surface area contributed by atoms with E-state index in [2.05, 4.69) is 9.88 Å². The molecule has 2 aromatic heterocycles. The first-order valence-corrected chi connectivity index (χ1v) is 8.16. The standard InChI is InChI=1S/C18H22N4O2/c1-20-11-5-6-15(17(20)23)18(24)22-12-8-14(9-13-22)21(2)16-7-3-4-10-19-16/h3-7,10-11,14H,8-9,12-13H2,1-2H3. The first-order chi connectivity index (χ1) is 11.6. The summed E-state index contributed by atoms with van der Waals surface area (Å²) < 4.78 is 1.44. The van der Waals surface area contributed by atoms with Gasteiger partial charge in [-0.3, -0.25) is 9.59 Å². The van der Waals surface area contributed by atoms with Crippen molar-refractivity contribution in [2.24, 2.45) is 7.05 Å². The Bertz CT molecular complexity index is 764. The number of hydrogen-bond acceptors (Lipinski definition) is 4. The largest absolute Gasteiger partial charge is 0.357 e. The van der Waals surface area contributed by atoms with Crippen LogP contribution >= 0.6 is 0 Å². The molecule has 0 spiro atoms. The van der Waals surface area contributed by atoms with Crippen LogP contribution in [0.15, 0.2) is 47.5 Å². The van der Waals surface area contributed by atoms with Gasteiger partial charge in [-0.1, -0.05) is 6.07 Å². The van der Waals surface area contributed by atoms with Gasteiger partial charge in [-0.15, -0.1) is 0 Å². The lowest BCUT2D eigenvalue weighted by molar-refractivity contribution is 0.0711. The highest BCUT2D eigenvalue weighted by atomic mass is 16.2. The molecule has 1 amide bonds. The van der Waals surface area contributed by atoms with Crippen molar-refractivity contribution in [2.45, 2.75) is 18.9 Å². The number of carbonyl (C=O) groups excluding carboxylic acids is 1. The van der Waals surface area contributed by atoms with Crippen LogP contribution in [0.1, 0.15) is 23.2 Å². The summed E-state index contributed by atoms with van der Waals surface area (Å²) in [4.78, 5) is 33.0. The van der Waals surface area contributed by atoms with E-state index in [0.717, 1.165) is 18.7 Å². The second-order valence-electron chi connectivity index (χ2n) is 6.16. The van der Waals surface area contributed by atoms with Crippen LogP contribution in [0.25, 0.3) is 0 Å². The molecule has 1 aliphatic heterocycles. The number of pyridine rings is 2. The van der Waals surface area contributed by atoms with E-state index in [-0.39, 0.29) is 17.0 Å². The predicted octanol–water partition coefficient (Wildman–Crippen LogP) is 1.52. The summed E-state index contributed by atoms with van der Waals surface area (Å²) >= 11 is 0. The average Bonchev–Trinajstić information content (AvgIpc) is 2.64. The Morgan fingerprint density at radius 2 is 1.96 bits per heavy atom. The van der Waals surface area contributed by atoms with Crippen molar-refractivity contribution in [2.75, 3.05) is 25.0 Å². The van der Waals surface area contributed by atoms with Crippen molar-refractivity contribution in [3.05, 3.63) is 58.6 Å².